The lowest BCUT2D eigenvalue weighted by molar-refractivity contribution is -0.112. The second-order valence-corrected chi connectivity index (χ2v) is 8.15. The number of benzene rings is 1. The van der Waals surface area contributed by atoms with E-state index in [9.17, 15) is 10.1 Å². The Morgan fingerprint density at radius 1 is 1.25 bits per heavy atom. The van der Waals surface area contributed by atoms with Gasteiger partial charge in [-0.05, 0) is 60.8 Å². The normalized spacial score (nSPS) is 18.0. The molecule has 3 nitrogen and oxygen atoms in total. The lowest BCUT2D eigenvalue weighted by atomic mass is 9.71. The molecule has 1 N–H and O–H groups in total. The van der Waals surface area contributed by atoms with E-state index in [1.165, 1.54) is 0 Å². The van der Waals surface area contributed by atoms with E-state index >= 15 is 0 Å². The SMILES string of the molecule is CC(C)(C)C1CCC(=C(C#N)C(=O)Nc2ccc(Cl)cc2Cl)CC1. The quantitative estimate of drug-likeness (QED) is 0.517. The van der Waals surface area contributed by atoms with E-state index < -0.39 is 5.91 Å². The van der Waals surface area contributed by atoms with Crippen LogP contribution in [0.2, 0.25) is 10.0 Å². The van der Waals surface area contributed by atoms with Gasteiger partial charge in [0.25, 0.3) is 5.91 Å². The number of nitrogens with one attached hydrogen (secondary N) is 1. The second kappa shape index (κ2) is 7.59. The van der Waals surface area contributed by atoms with Crippen molar-refractivity contribution in [3.8, 4) is 6.07 Å². The van der Waals surface area contributed by atoms with Gasteiger partial charge in [0, 0.05) is 5.02 Å². The van der Waals surface area contributed by atoms with Gasteiger partial charge in [-0.2, -0.15) is 5.26 Å². The summed E-state index contributed by atoms with van der Waals surface area (Å²) in [5.41, 5.74) is 1.88. The maximum atomic E-state index is 12.5. The molecule has 2 rings (SSSR count). The van der Waals surface area contributed by atoms with Gasteiger partial charge in [0.15, 0.2) is 0 Å². The summed E-state index contributed by atoms with van der Waals surface area (Å²) in [7, 11) is 0. The molecule has 0 saturated heterocycles. The highest BCUT2D eigenvalue weighted by molar-refractivity contribution is 6.36. The summed E-state index contributed by atoms with van der Waals surface area (Å²) in [5.74, 6) is 0.223. The number of hydrogen-bond acceptors (Lipinski definition) is 2. The number of allylic oxidation sites excluding steroid dienone is 1. The Morgan fingerprint density at radius 2 is 1.88 bits per heavy atom. The van der Waals surface area contributed by atoms with Crippen molar-refractivity contribution in [2.24, 2.45) is 11.3 Å². The third-order valence-corrected chi connectivity index (χ3v) is 5.23. The standard InChI is InChI=1S/C19H22Cl2N2O/c1-19(2,3)13-6-4-12(5-7-13)15(11-22)18(24)23-17-9-8-14(20)10-16(17)21/h8-10,13H,4-7H2,1-3H3,(H,23,24). The average molecular weight is 365 g/mol. The molecule has 1 aromatic rings. The van der Waals surface area contributed by atoms with Crippen LogP contribution >= 0.6 is 23.2 Å². The molecule has 0 aromatic heterocycles. The Morgan fingerprint density at radius 3 is 2.38 bits per heavy atom. The Labute approximate surface area is 153 Å². The molecule has 0 unspecified atom stereocenters. The minimum atomic E-state index is -0.397. The predicted octanol–water partition coefficient (Wildman–Crippen LogP) is 5.99. The first-order valence-corrected chi connectivity index (χ1v) is 8.86. The highest BCUT2D eigenvalue weighted by Gasteiger charge is 2.29. The van der Waals surface area contributed by atoms with E-state index in [4.69, 9.17) is 23.2 Å². The van der Waals surface area contributed by atoms with Crippen molar-refractivity contribution in [1.82, 2.24) is 0 Å². The van der Waals surface area contributed by atoms with Gasteiger partial charge in [0.05, 0.1) is 10.7 Å². The molecule has 128 valence electrons. The lowest BCUT2D eigenvalue weighted by Gasteiger charge is -2.35. The number of hydrogen-bond donors (Lipinski definition) is 1. The van der Waals surface area contributed by atoms with Crippen LogP contribution < -0.4 is 5.32 Å². The summed E-state index contributed by atoms with van der Waals surface area (Å²) in [6.45, 7) is 6.73. The summed E-state index contributed by atoms with van der Waals surface area (Å²) in [6, 6.07) is 6.92. The number of carbonyl (C=O) groups is 1. The van der Waals surface area contributed by atoms with Crippen molar-refractivity contribution < 1.29 is 4.79 Å². The molecule has 0 heterocycles. The second-order valence-electron chi connectivity index (χ2n) is 7.31. The van der Waals surface area contributed by atoms with Crippen LogP contribution in [0.5, 0.6) is 0 Å². The average Bonchev–Trinajstić information content (AvgIpc) is 2.50. The topological polar surface area (TPSA) is 52.9 Å². The third kappa shape index (κ3) is 4.53. The molecule has 0 atom stereocenters. The van der Waals surface area contributed by atoms with Gasteiger partial charge in [-0.3, -0.25) is 4.79 Å². The molecule has 0 radical (unpaired) electrons. The van der Waals surface area contributed by atoms with Gasteiger partial charge in [0.1, 0.15) is 11.6 Å². The predicted molar refractivity (Wildman–Crippen MR) is 99.1 cm³/mol. The molecule has 1 saturated carbocycles. The first-order valence-electron chi connectivity index (χ1n) is 8.11. The zero-order valence-electron chi connectivity index (χ0n) is 14.2. The van der Waals surface area contributed by atoms with Gasteiger partial charge in [-0.25, -0.2) is 0 Å². The van der Waals surface area contributed by atoms with Crippen molar-refractivity contribution in [1.29, 1.82) is 5.26 Å². The number of rotatable bonds is 2. The van der Waals surface area contributed by atoms with Crippen LogP contribution in [0, 0.1) is 22.7 Å². The number of anilines is 1. The number of nitriles is 1. The smallest absolute Gasteiger partial charge is 0.266 e. The Balaban J connectivity index is 2.14. The Hall–Kier alpha value is -1.50. The first-order chi connectivity index (χ1) is 11.2. The minimum Gasteiger partial charge on any atom is -0.320 e. The molecule has 1 fully saturated rings. The molecule has 1 aliphatic carbocycles. The highest BCUT2D eigenvalue weighted by atomic mass is 35.5. The van der Waals surface area contributed by atoms with Gasteiger partial charge in [-0.15, -0.1) is 0 Å². The molecule has 1 aliphatic rings. The molecule has 1 aromatic carbocycles. The van der Waals surface area contributed by atoms with Gasteiger partial charge >= 0.3 is 0 Å². The lowest BCUT2D eigenvalue weighted by Crippen LogP contribution is -2.25. The maximum absolute atomic E-state index is 12.5. The van der Waals surface area contributed by atoms with Crippen LogP contribution in [-0.2, 0) is 4.79 Å². The first kappa shape index (κ1) is 18.8. The van der Waals surface area contributed by atoms with E-state index in [0.717, 1.165) is 31.3 Å². The summed E-state index contributed by atoms with van der Waals surface area (Å²) in [5, 5.41) is 13.0. The van der Waals surface area contributed by atoms with Crippen LogP contribution in [0.4, 0.5) is 5.69 Å². The fourth-order valence-electron chi connectivity index (χ4n) is 3.15. The summed E-state index contributed by atoms with van der Waals surface area (Å²) < 4.78 is 0. The zero-order valence-corrected chi connectivity index (χ0v) is 15.8. The van der Waals surface area contributed by atoms with Crippen molar-refractivity contribution in [3.05, 3.63) is 39.4 Å². The Bertz CT molecular complexity index is 701. The molecule has 1 amide bonds. The molecule has 5 heteroatoms. The van der Waals surface area contributed by atoms with E-state index in [2.05, 4.69) is 32.2 Å². The monoisotopic (exact) mass is 364 g/mol. The molecule has 0 spiro atoms. The number of amides is 1. The van der Waals surface area contributed by atoms with Crippen LogP contribution in [0.3, 0.4) is 0 Å². The van der Waals surface area contributed by atoms with Crippen molar-refractivity contribution in [2.75, 3.05) is 5.32 Å². The fraction of sp³-hybridized carbons (Fsp3) is 0.474. The molecule has 0 bridgehead atoms. The zero-order chi connectivity index (χ0) is 17.9. The summed E-state index contributed by atoms with van der Waals surface area (Å²) in [4.78, 5) is 12.5. The van der Waals surface area contributed by atoms with Crippen molar-refractivity contribution in [3.63, 3.8) is 0 Å². The van der Waals surface area contributed by atoms with Crippen LogP contribution in [0.25, 0.3) is 0 Å². The number of carbonyl (C=O) groups excluding carboxylic acids is 1. The van der Waals surface area contributed by atoms with Gasteiger partial charge in [-0.1, -0.05) is 44.0 Å². The van der Waals surface area contributed by atoms with Gasteiger partial charge in [0.2, 0.25) is 0 Å². The number of halogens is 2. The maximum Gasteiger partial charge on any atom is 0.266 e. The Kier molecular flexibility index (Phi) is 5.96. The van der Waals surface area contributed by atoms with E-state index in [-0.39, 0.29) is 11.0 Å². The summed E-state index contributed by atoms with van der Waals surface area (Å²) in [6.07, 6.45) is 3.62. The van der Waals surface area contributed by atoms with E-state index in [1.54, 1.807) is 18.2 Å². The summed E-state index contributed by atoms with van der Waals surface area (Å²) >= 11 is 11.9. The van der Waals surface area contributed by atoms with Crippen LogP contribution in [0.1, 0.15) is 46.5 Å². The molecule has 0 aliphatic heterocycles. The minimum absolute atomic E-state index is 0.216. The highest BCUT2D eigenvalue weighted by Crippen LogP contribution is 2.40. The molecule has 24 heavy (non-hydrogen) atoms. The van der Waals surface area contributed by atoms with E-state index in [0.29, 0.717) is 21.7 Å². The van der Waals surface area contributed by atoms with Crippen molar-refractivity contribution >= 4 is 34.8 Å². The fourth-order valence-corrected chi connectivity index (χ4v) is 3.60. The molecular weight excluding hydrogens is 343 g/mol. The van der Waals surface area contributed by atoms with Gasteiger partial charge < -0.3 is 5.32 Å². The van der Waals surface area contributed by atoms with E-state index in [1.807, 2.05) is 0 Å². The third-order valence-electron chi connectivity index (χ3n) is 4.69. The number of nitrogens with zero attached hydrogens (tertiary/aromatic N) is 1. The van der Waals surface area contributed by atoms with Crippen LogP contribution in [-0.4, -0.2) is 5.91 Å². The van der Waals surface area contributed by atoms with Crippen LogP contribution in [0.15, 0.2) is 29.3 Å². The largest absolute Gasteiger partial charge is 0.320 e. The van der Waals surface area contributed by atoms with Crippen molar-refractivity contribution in [2.45, 2.75) is 46.5 Å². The molecular formula is C19H22Cl2N2O.